The molecule has 0 radical (unpaired) electrons. The van der Waals surface area contributed by atoms with Gasteiger partial charge in [0.25, 0.3) is 5.91 Å². The number of para-hydroxylation sites is 1. The van der Waals surface area contributed by atoms with E-state index in [1.165, 1.54) is 0 Å². The number of nitrogens with one attached hydrogen (secondary N) is 1. The average Bonchev–Trinajstić information content (AvgIpc) is 3.41. The monoisotopic (exact) mass is 471 g/mol. The van der Waals surface area contributed by atoms with Gasteiger partial charge < -0.3 is 9.47 Å². The van der Waals surface area contributed by atoms with Gasteiger partial charge in [-0.2, -0.15) is 5.10 Å². The number of ether oxygens (including phenoxy) is 2. The third kappa shape index (κ3) is 4.28. The standard InChI is InChI=1S/C30H21N3O3/c34-30(33-31-18-20-10-15-28-29(16-20)36-19-35-28)25-17-27(32-26-9-5-4-8-24(25)26)23-13-11-22(12-14-23)21-6-2-1-3-7-21/h1-18H,19H2,(H,33,34)/b31-18+. The highest BCUT2D eigenvalue weighted by Crippen LogP contribution is 2.32. The van der Waals surface area contributed by atoms with Crippen LogP contribution in [0.2, 0.25) is 0 Å². The van der Waals surface area contributed by atoms with Crippen molar-refractivity contribution in [2.24, 2.45) is 5.10 Å². The van der Waals surface area contributed by atoms with E-state index in [9.17, 15) is 4.79 Å². The molecule has 1 N–H and O–H groups in total. The van der Waals surface area contributed by atoms with E-state index in [0.29, 0.717) is 17.1 Å². The molecule has 174 valence electrons. The van der Waals surface area contributed by atoms with Gasteiger partial charge in [-0.3, -0.25) is 4.79 Å². The van der Waals surface area contributed by atoms with E-state index >= 15 is 0 Å². The topological polar surface area (TPSA) is 72.8 Å². The second-order valence-electron chi connectivity index (χ2n) is 8.33. The fourth-order valence-electron chi connectivity index (χ4n) is 4.19. The number of hydrogen-bond acceptors (Lipinski definition) is 5. The molecule has 0 fully saturated rings. The zero-order valence-corrected chi connectivity index (χ0v) is 19.2. The first-order chi connectivity index (χ1) is 17.7. The Hall–Kier alpha value is -4.97. The van der Waals surface area contributed by atoms with Crippen LogP contribution in [-0.2, 0) is 0 Å². The fraction of sp³-hybridized carbons (Fsp3) is 0.0333. The van der Waals surface area contributed by atoms with Crippen molar-refractivity contribution in [2.45, 2.75) is 0 Å². The average molecular weight is 472 g/mol. The smallest absolute Gasteiger partial charge is 0.272 e. The Bertz CT molecular complexity index is 1600. The van der Waals surface area contributed by atoms with Crippen LogP contribution >= 0.6 is 0 Å². The van der Waals surface area contributed by atoms with E-state index in [4.69, 9.17) is 14.5 Å². The maximum absolute atomic E-state index is 13.2. The molecule has 1 amide bonds. The van der Waals surface area contributed by atoms with Crippen LogP contribution in [0.1, 0.15) is 15.9 Å². The quantitative estimate of drug-likeness (QED) is 0.250. The Kier molecular flexibility index (Phi) is 5.60. The van der Waals surface area contributed by atoms with Crippen LogP contribution < -0.4 is 14.9 Å². The summed E-state index contributed by atoms with van der Waals surface area (Å²) in [6, 6.07) is 33.3. The van der Waals surface area contributed by atoms with Crippen LogP contribution in [0.25, 0.3) is 33.3 Å². The largest absolute Gasteiger partial charge is 0.454 e. The third-order valence-electron chi connectivity index (χ3n) is 6.02. The van der Waals surface area contributed by atoms with Crippen LogP contribution in [0.15, 0.2) is 108 Å². The fourth-order valence-corrected chi connectivity index (χ4v) is 4.19. The lowest BCUT2D eigenvalue weighted by atomic mass is 10.0. The van der Waals surface area contributed by atoms with Crippen molar-refractivity contribution in [1.82, 2.24) is 10.4 Å². The van der Waals surface area contributed by atoms with Gasteiger partial charge in [-0.15, -0.1) is 0 Å². The van der Waals surface area contributed by atoms with Crippen LogP contribution in [0, 0.1) is 0 Å². The lowest BCUT2D eigenvalue weighted by Crippen LogP contribution is -2.18. The third-order valence-corrected chi connectivity index (χ3v) is 6.02. The maximum Gasteiger partial charge on any atom is 0.272 e. The minimum atomic E-state index is -0.312. The van der Waals surface area contributed by atoms with E-state index in [2.05, 4.69) is 34.8 Å². The van der Waals surface area contributed by atoms with E-state index in [-0.39, 0.29) is 12.7 Å². The summed E-state index contributed by atoms with van der Waals surface area (Å²) in [4.78, 5) is 18.0. The Morgan fingerprint density at radius 3 is 2.36 bits per heavy atom. The number of aromatic nitrogens is 1. The molecular formula is C30H21N3O3. The summed E-state index contributed by atoms with van der Waals surface area (Å²) >= 11 is 0. The molecule has 6 nitrogen and oxygen atoms in total. The molecule has 0 aliphatic carbocycles. The molecule has 0 saturated heterocycles. The lowest BCUT2D eigenvalue weighted by Gasteiger charge is -2.10. The zero-order chi connectivity index (χ0) is 24.3. The normalized spacial score (nSPS) is 12.2. The number of carbonyl (C=O) groups excluding carboxylic acids is 1. The molecule has 0 spiro atoms. The van der Waals surface area contributed by atoms with Crippen LogP contribution in [0.3, 0.4) is 0 Å². The molecular weight excluding hydrogens is 450 g/mol. The molecule has 4 aromatic carbocycles. The van der Waals surface area contributed by atoms with E-state index < -0.39 is 0 Å². The lowest BCUT2D eigenvalue weighted by molar-refractivity contribution is 0.0956. The Morgan fingerprint density at radius 2 is 1.50 bits per heavy atom. The van der Waals surface area contributed by atoms with Gasteiger partial charge in [0.15, 0.2) is 11.5 Å². The van der Waals surface area contributed by atoms with Crippen molar-refractivity contribution in [2.75, 3.05) is 6.79 Å². The number of pyridine rings is 1. The van der Waals surface area contributed by atoms with Gasteiger partial charge in [0, 0.05) is 10.9 Å². The number of nitrogens with zero attached hydrogens (tertiary/aromatic N) is 2. The highest BCUT2D eigenvalue weighted by molar-refractivity contribution is 6.07. The zero-order valence-electron chi connectivity index (χ0n) is 19.2. The molecule has 36 heavy (non-hydrogen) atoms. The van der Waals surface area contributed by atoms with Crippen molar-refractivity contribution in [3.05, 3.63) is 114 Å². The predicted molar refractivity (Wildman–Crippen MR) is 140 cm³/mol. The molecule has 6 rings (SSSR count). The van der Waals surface area contributed by atoms with Crippen LogP contribution in [0.5, 0.6) is 11.5 Å². The van der Waals surface area contributed by atoms with Gasteiger partial charge in [0.1, 0.15) is 0 Å². The molecule has 2 heterocycles. The van der Waals surface area contributed by atoms with Crippen molar-refractivity contribution in [1.29, 1.82) is 0 Å². The van der Waals surface area contributed by atoms with Gasteiger partial charge in [-0.05, 0) is 47.0 Å². The first kappa shape index (κ1) is 21.6. The molecule has 5 aromatic rings. The van der Waals surface area contributed by atoms with Crippen LogP contribution in [-0.4, -0.2) is 23.9 Å². The summed E-state index contributed by atoms with van der Waals surface area (Å²) in [7, 11) is 0. The molecule has 0 saturated carbocycles. The molecule has 6 heteroatoms. The summed E-state index contributed by atoms with van der Waals surface area (Å²) < 4.78 is 10.7. The van der Waals surface area contributed by atoms with Crippen molar-refractivity contribution in [3.8, 4) is 33.9 Å². The number of benzene rings is 4. The number of hydrogen-bond donors (Lipinski definition) is 1. The van der Waals surface area contributed by atoms with Gasteiger partial charge in [0.05, 0.1) is 23.0 Å². The van der Waals surface area contributed by atoms with Crippen molar-refractivity contribution in [3.63, 3.8) is 0 Å². The van der Waals surface area contributed by atoms with Gasteiger partial charge in [-0.25, -0.2) is 10.4 Å². The van der Waals surface area contributed by atoms with E-state index in [1.54, 1.807) is 6.21 Å². The number of fused-ring (bicyclic) bond motifs is 2. The van der Waals surface area contributed by atoms with E-state index in [0.717, 1.165) is 38.9 Å². The molecule has 0 unspecified atom stereocenters. The Labute approximate surface area is 207 Å². The Morgan fingerprint density at radius 1 is 0.778 bits per heavy atom. The summed E-state index contributed by atoms with van der Waals surface area (Å²) in [5.74, 6) is 1.05. The van der Waals surface area contributed by atoms with Crippen molar-refractivity contribution >= 4 is 23.0 Å². The van der Waals surface area contributed by atoms with Crippen LogP contribution in [0.4, 0.5) is 0 Å². The Balaban J connectivity index is 1.28. The summed E-state index contributed by atoms with van der Waals surface area (Å²) in [5.41, 5.74) is 8.61. The number of rotatable bonds is 5. The first-order valence-electron chi connectivity index (χ1n) is 11.5. The molecule has 1 aromatic heterocycles. The minimum absolute atomic E-state index is 0.207. The maximum atomic E-state index is 13.2. The second-order valence-corrected chi connectivity index (χ2v) is 8.33. The summed E-state index contributed by atoms with van der Waals surface area (Å²) in [5, 5.41) is 4.92. The number of carbonyl (C=O) groups is 1. The summed E-state index contributed by atoms with van der Waals surface area (Å²) in [6.07, 6.45) is 1.58. The minimum Gasteiger partial charge on any atom is -0.454 e. The van der Waals surface area contributed by atoms with Crippen molar-refractivity contribution < 1.29 is 14.3 Å². The van der Waals surface area contributed by atoms with Gasteiger partial charge >= 0.3 is 0 Å². The highest BCUT2D eigenvalue weighted by Gasteiger charge is 2.15. The summed E-state index contributed by atoms with van der Waals surface area (Å²) in [6.45, 7) is 0.207. The highest BCUT2D eigenvalue weighted by atomic mass is 16.7. The number of hydrazone groups is 1. The first-order valence-corrected chi connectivity index (χ1v) is 11.5. The molecule has 0 bridgehead atoms. The predicted octanol–water partition coefficient (Wildman–Crippen LogP) is 6.06. The van der Waals surface area contributed by atoms with E-state index in [1.807, 2.05) is 78.9 Å². The second kappa shape index (κ2) is 9.35. The molecule has 1 aliphatic heterocycles. The molecule has 0 atom stereocenters. The SMILES string of the molecule is O=C(N/N=C/c1ccc2c(c1)OCO2)c1cc(-c2ccc(-c3ccccc3)cc2)nc2ccccc12. The molecule has 1 aliphatic rings. The van der Waals surface area contributed by atoms with Gasteiger partial charge in [0.2, 0.25) is 6.79 Å². The van der Waals surface area contributed by atoms with Gasteiger partial charge in [-0.1, -0.05) is 72.8 Å². The number of amides is 1.